The highest BCUT2D eigenvalue weighted by Gasteiger charge is 2.13. The highest BCUT2D eigenvalue weighted by atomic mass is 35.5. The molecule has 0 saturated carbocycles. The van der Waals surface area contributed by atoms with E-state index in [2.05, 4.69) is 26.1 Å². The summed E-state index contributed by atoms with van der Waals surface area (Å²) in [4.78, 5) is 12.1. The molecular formula is C20H15ClN6OS. The van der Waals surface area contributed by atoms with Crippen molar-refractivity contribution in [2.75, 3.05) is 5.75 Å². The maximum Gasteiger partial charge on any atom is 0.250 e. The summed E-state index contributed by atoms with van der Waals surface area (Å²) >= 11 is 7.28. The van der Waals surface area contributed by atoms with Gasteiger partial charge in [-0.2, -0.15) is 9.78 Å². The lowest BCUT2D eigenvalue weighted by Gasteiger charge is -2.07. The maximum absolute atomic E-state index is 12.1. The van der Waals surface area contributed by atoms with E-state index in [-0.39, 0.29) is 11.7 Å². The Morgan fingerprint density at radius 1 is 1.10 bits per heavy atom. The van der Waals surface area contributed by atoms with Crippen LogP contribution in [0, 0.1) is 0 Å². The highest BCUT2D eigenvalue weighted by molar-refractivity contribution is 7.99. The van der Waals surface area contributed by atoms with E-state index in [0.717, 1.165) is 22.0 Å². The molecule has 1 heterocycles. The zero-order valence-corrected chi connectivity index (χ0v) is 16.6. The van der Waals surface area contributed by atoms with Crippen LogP contribution in [0.4, 0.5) is 0 Å². The summed E-state index contributed by atoms with van der Waals surface area (Å²) < 4.78 is 1.63. The number of benzene rings is 3. The Balaban J connectivity index is 1.43. The summed E-state index contributed by atoms with van der Waals surface area (Å²) in [5, 5.41) is 19.0. The van der Waals surface area contributed by atoms with Crippen LogP contribution >= 0.6 is 23.4 Å². The third kappa shape index (κ3) is 4.44. The summed E-state index contributed by atoms with van der Waals surface area (Å²) in [6, 6.07) is 21.1. The Hall–Kier alpha value is -3.23. The van der Waals surface area contributed by atoms with E-state index in [1.807, 2.05) is 60.7 Å². The molecule has 1 aromatic heterocycles. The minimum Gasteiger partial charge on any atom is -0.272 e. The van der Waals surface area contributed by atoms with Gasteiger partial charge in [0.25, 0.3) is 5.91 Å². The van der Waals surface area contributed by atoms with E-state index >= 15 is 0 Å². The van der Waals surface area contributed by atoms with E-state index in [4.69, 9.17) is 11.6 Å². The summed E-state index contributed by atoms with van der Waals surface area (Å²) in [5.41, 5.74) is 4.06. The van der Waals surface area contributed by atoms with Crippen molar-refractivity contribution in [1.82, 2.24) is 25.6 Å². The fourth-order valence-electron chi connectivity index (χ4n) is 2.73. The monoisotopic (exact) mass is 422 g/mol. The lowest BCUT2D eigenvalue weighted by atomic mass is 10.1. The van der Waals surface area contributed by atoms with Crippen LogP contribution in [0.5, 0.6) is 0 Å². The molecule has 29 heavy (non-hydrogen) atoms. The first-order valence-corrected chi connectivity index (χ1v) is 10.0. The first kappa shape index (κ1) is 19.1. The molecule has 0 saturated heterocycles. The number of nitrogens with one attached hydrogen (secondary N) is 1. The number of aromatic nitrogens is 4. The first-order valence-electron chi connectivity index (χ1n) is 8.68. The van der Waals surface area contributed by atoms with Gasteiger partial charge in [0, 0.05) is 16.0 Å². The molecule has 0 aliphatic heterocycles. The van der Waals surface area contributed by atoms with Crippen molar-refractivity contribution in [2.24, 2.45) is 5.10 Å². The molecule has 3 aromatic carbocycles. The van der Waals surface area contributed by atoms with Gasteiger partial charge in [-0.15, -0.1) is 5.10 Å². The van der Waals surface area contributed by atoms with Gasteiger partial charge in [0.15, 0.2) is 0 Å². The number of halogens is 1. The summed E-state index contributed by atoms with van der Waals surface area (Å²) in [6.45, 7) is 0. The summed E-state index contributed by atoms with van der Waals surface area (Å²) in [5.74, 6) is -0.156. The molecule has 0 spiro atoms. The number of tetrazole rings is 1. The second kappa shape index (κ2) is 8.85. The molecular weight excluding hydrogens is 408 g/mol. The standard InChI is InChI=1S/C20H15ClN6OS/c21-17-10-4-2-7-15(17)12-22-23-19(28)13-29-20-24-25-26-27(20)18-11-5-8-14-6-1-3-9-16(14)18/h1-12H,13H2,(H,23,28)/b22-12+. The van der Waals surface area contributed by atoms with Crippen molar-refractivity contribution in [3.8, 4) is 5.69 Å². The fraction of sp³-hybridized carbons (Fsp3) is 0.0500. The third-order valence-corrected chi connectivity index (χ3v) is 5.33. The van der Waals surface area contributed by atoms with Gasteiger partial charge in [-0.25, -0.2) is 5.43 Å². The Labute approximate surface area is 175 Å². The van der Waals surface area contributed by atoms with Crippen LogP contribution in [0.2, 0.25) is 5.02 Å². The van der Waals surface area contributed by atoms with Gasteiger partial charge in [0.1, 0.15) is 0 Å². The second-order valence-electron chi connectivity index (χ2n) is 5.97. The predicted molar refractivity (Wildman–Crippen MR) is 115 cm³/mol. The smallest absolute Gasteiger partial charge is 0.250 e. The Morgan fingerprint density at radius 2 is 1.90 bits per heavy atom. The Bertz CT molecular complexity index is 1190. The molecule has 0 bridgehead atoms. The average molecular weight is 423 g/mol. The molecule has 0 fully saturated rings. The van der Waals surface area contributed by atoms with Gasteiger partial charge >= 0.3 is 0 Å². The lowest BCUT2D eigenvalue weighted by molar-refractivity contribution is -0.118. The number of amides is 1. The molecule has 1 amide bonds. The van der Waals surface area contributed by atoms with Gasteiger partial charge in [0.05, 0.1) is 17.7 Å². The highest BCUT2D eigenvalue weighted by Crippen LogP contribution is 2.25. The zero-order valence-electron chi connectivity index (χ0n) is 15.1. The normalized spacial score (nSPS) is 11.2. The van der Waals surface area contributed by atoms with Gasteiger partial charge in [0.2, 0.25) is 5.16 Å². The SMILES string of the molecule is O=C(CSc1nnnn1-c1cccc2ccccc12)N/N=C/c1ccccc1Cl. The number of carbonyl (C=O) groups excluding carboxylic acids is 1. The Morgan fingerprint density at radius 3 is 2.79 bits per heavy atom. The molecule has 144 valence electrons. The van der Waals surface area contributed by atoms with Crippen molar-refractivity contribution >= 4 is 46.3 Å². The van der Waals surface area contributed by atoms with Crippen LogP contribution in [-0.2, 0) is 4.79 Å². The fourth-order valence-corrected chi connectivity index (χ4v) is 3.59. The third-order valence-electron chi connectivity index (χ3n) is 4.07. The van der Waals surface area contributed by atoms with Crippen LogP contribution in [-0.4, -0.2) is 38.1 Å². The van der Waals surface area contributed by atoms with Gasteiger partial charge in [-0.05, 0) is 27.9 Å². The van der Waals surface area contributed by atoms with Crippen LogP contribution < -0.4 is 5.43 Å². The van der Waals surface area contributed by atoms with Crippen molar-refractivity contribution < 1.29 is 4.79 Å². The lowest BCUT2D eigenvalue weighted by Crippen LogP contribution is -2.20. The number of rotatable bonds is 6. The molecule has 7 nitrogen and oxygen atoms in total. The van der Waals surface area contributed by atoms with Crippen LogP contribution in [0.15, 0.2) is 77.0 Å². The minimum absolute atomic E-state index is 0.116. The summed E-state index contributed by atoms with van der Waals surface area (Å²) in [7, 11) is 0. The van der Waals surface area contributed by atoms with Crippen LogP contribution in [0.25, 0.3) is 16.5 Å². The average Bonchev–Trinajstić information content (AvgIpc) is 3.21. The maximum atomic E-state index is 12.1. The van der Waals surface area contributed by atoms with Gasteiger partial charge < -0.3 is 0 Å². The minimum atomic E-state index is -0.272. The molecule has 0 aliphatic rings. The molecule has 9 heteroatoms. The Kier molecular flexibility index (Phi) is 5.83. The predicted octanol–water partition coefficient (Wildman–Crippen LogP) is 3.71. The number of hydrazone groups is 1. The molecule has 0 radical (unpaired) electrons. The molecule has 4 aromatic rings. The van der Waals surface area contributed by atoms with Crippen LogP contribution in [0.1, 0.15) is 5.56 Å². The van der Waals surface area contributed by atoms with Gasteiger partial charge in [-0.1, -0.05) is 78.0 Å². The number of hydrogen-bond donors (Lipinski definition) is 1. The van der Waals surface area contributed by atoms with Crippen molar-refractivity contribution in [1.29, 1.82) is 0 Å². The number of fused-ring (bicyclic) bond motifs is 1. The van der Waals surface area contributed by atoms with Crippen molar-refractivity contribution in [3.63, 3.8) is 0 Å². The van der Waals surface area contributed by atoms with Crippen molar-refractivity contribution in [2.45, 2.75) is 5.16 Å². The van der Waals surface area contributed by atoms with E-state index in [1.165, 1.54) is 18.0 Å². The molecule has 1 N–H and O–H groups in total. The topological polar surface area (TPSA) is 85.1 Å². The number of hydrogen-bond acceptors (Lipinski definition) is 6. The molecule has 0 atom stereocenters. The number of nitrogens with zero attached hydrogens (tertiary/aromatic N) is 5. The first-order chi connectivity index (χ1) is 14.2. The van der Waals surface area contributed by atoms with Crippen LogP contribution in [0.3, 0.4) is 0 Å². The van der Waals surface area contributed by atoms with Gasteiger partial charge in [-0.3, -0.25) is 4.79 Å². The second-order valence-corrected chi connectivity index (χ2v) is 7.32. The van der Waals surface area contributed by atoms with Crippen molar-refractivity contribution in [3.05, 3.63) is 77.3 Å². The summed E-state index contributed by atoms with van der Waals surface area (Å²) in [6.07, 6.45) is 1.51. The molecule has 0 unspecified atom stereocenters. The largest absolute Gasteiger partial charge is 0.272 e. The van der Waals surface area contributed by atoms with E-state index in [9.17, 15) is 4.79 Å². The van der Waals surface area contributed by atoms with E-state index in [0.29, 0.717) is 10.2 Å². The van der Waals surface area contributed by atoms with E-state index in [1.54, 1.807) is 10.7 Å². The zero-order chi connectivity index (χ0) is 20.1. The quantitative estimate of drug-likeness (QED) is 0.291. The molecule has 4 rings (SSSR count). The molecule has 0 aliphatic carbocycles. The number of carbonyl (C=O) groups is 1. The number of thioether (sulfide) groups is 1. The van der Waals surface area contributed by atoms with E-state index < -0.39 is 0 Å².